The summed E-state index contributed by atoms with van der Waals surface area (Å²) < 4.78 is 131. The van der Waals surface area contributed by atoms with Crippen molar-refractivity contribution in [1.82, 2.24) is 14.5 Å². The second-order valence-corrected chi connectivity index (χ2v) is 25.7. The number of ether oxygens (including phenoxy) is 1. The minimum Gasteiger partial charge on any atom is -0.380 e. The van der Waals surface area contributed by atoms with E-state index in [2.05, 4.69) is 33.9 Å². The molecule has 1 amide bonds. The number of piperazine rings is 1. The molecule has 2 aliphatic heterocycles. The largest absolute Gasteiger partial charge is 0.501 e. The smallest absolute Gasteiger partial charge is 0.380 e. The van der Waals surface area contributed by atoms with E-state index in [-0.39, 0.29) is 22.0 Å². The number of anilines is 2. The number of methoxy groups -OCH3 is 1. The molecular weight excluding hydrogens is 958 g/mol. The summed E-state index contributed by atoms with van der Waals surface area (Å²) >= 11 is 1.45. The number of amides is 1. The van der Waals surface area contributed by atoms with E-state index in [1.165, 1.54) is 35.0 Å². The molecule has 3 aromatic carbocycles. The number of halogens is 5. The number of rotatable bonds is 18. The lowest BCUT2D eigenvalue weighted by Crippen LogP contribution is -2.66. The summed E-state index contributed by atoms with van der Waals surface area (Å²) in [7, 11) is -9.27. The molecule has 6 aliphatic rings. The Balaban J connectivity index is 0.918. The van der Waals surface area contributed by atoms with Crippen LogP contribution in [0.4, 0.5) is 33.3 Å². The highest BCUT2D eigenvalue weighted by Gasteiger charge is 2.73. The highest BCUT2D eigenvalue weighted by molar-refractivity contribution is 7.99. The van der Waals surface area contributed by atoms with E-state index in [1.807, 2.05) is 42.0 Å². The molecule has 0 unspecified atom stereocenters. The molecule has 378 valence electrons. The first-order valence-corrected chi connectivity index (χ1v) is 27.7. The summed E-state index contributed by atoms with van der Waals surface area (Å²) in [6.07, 6.45) is 4.58. The average molecular weight is 1020 g/mol. The molecule has 4 aliphatic carbocycles. The molecule has 0 aromatic heterocycles. The number of thioether (sulfide) groups is 1. The molecule has 9 rings (SSSR count). The van der Waals surface area contributed by atoms with Crippen LogP contribution in [0, 0.1) is 16.2 Å². The number of benzene rings is 3. The molecule has 5 fully saturated rings. The normalized spacial score (nSPS) is 24.6. The van der Waals surface area contributed by atoms with Crippen LogP contribution in [0.2, 0.25) is 0 Å². The van der Waals surface area contributed by atoms with Gasteiger partial charge in [-0.2, -0.15) is 13.2 Å². The lowest BCUT2D eigenvalue weighted by Gasteiger charge is -2.72. The Labute approximate surface area is 407 Å². The van der Waals surface area contributed by atoms with Gasteiger partial charge in [-0.15, -0.1) is 11.8 Å². The Bertz CT molecular complexity index is 2580. The summed E-state index contributed by atoms with van der Waals surface area (Å²) in [5, 5.41) is 3.02. The van der Waals surface area contributed by atoms with Gasteiger partial charge in [-0.3, -0.25) is 9.69 Å². The molecule has 0 spiro atoms. The number of sulfonamides is 1. The van der Waals surface area contributed by atoms with Crippen LogP contribution in [-0.2, 0) is 24.6 Å². The van der Waals surface area contributed by atoms with Gasteiger partial charge in [0.05, 0.1) is 16.2 Å². The summed E-state index contributed by atoms with van der Waals surface area (Å²) in [5.74, 6) is -0.684. The predicted molar refractivity (Wildman–Crippen MR) is 259 cm³/mol. The molecule has 2 N–H and O–H groups in total. The Hall–Kier alpha value is -3.75. The van der Waals surface area contributed by atoms with Crippen molar-refractivity contribution in [3.05, 3.63) is 89.5 Å². The summed E-state index contributed by atoms with van der Waals surface area (Å²) in [6, 6.07) is 17.6. The van der Waals surface area contributed by atoms with E-state index in [1.54, 1.807) is 19.2 Å². The highest BCUT2D eigenvalue weighted by atomic mass is 32.2. The average Bonchev–Trinajstić information content (AvgIpc) is 3.27. The molecule has 19 heteroatoms. The van der Waals surface area contributed by atoms with E-state index in [0.29, 0.717) is 57.1 Å². The van der Waals surface area contributed by atoms with Crippen LogP contribution < -0.4 is 14.9 Å². The summed E-state index contributed by atoms with van der Waals surface area (Å²) in [5.41, 5.74) is -3.45. The molecule has 2 saturated heterocycles. The SMILES string of the molecule is COC1(C)CCN(CC[C@H](CSc2ccccc2)Nc2ccc(S(=O)(=O)NC(=O)c3ccc(N4CCN(CC5=C(C67CC(C(F)F)(C6)C7)CC(C)(C)CC5)CC4)cc3)cc2S(=O)(=O)C(F)(F)F)CC1. The number of nitrogens with one attached hydrogen (secondary N) is 2. The monoisotopic (exact) mass is 1020 g/mol. The van der Waals surface area contributed by atoms with Crippen molar-refractivity contribution >= 4 is 48.9 Å². The van der Waals surface area contributed by atoms with Crippen LogP contribution >= 0.6 is 11.8 Å². The van der Waals surface area contributed by atoms with E-state index in [4.69, 9.17) is 4.74 Å². The number of allylic oxidation sites excluding steroid dienone is 1. The number of likely N-dealkylation sites (tertiary alicyclic amines) is 1. The van der Waals surface area contributed by atoms with Gasteiger partial charge in [0, 0.05) is 92.8 Å². The van der Waals surface area contributed by atoms with E-state index in [9.17, 15) is 43.6 Å². The van der Waals surface area contributed by atoms with E-state index >= 15 is 0 Å². The number of piperidine rings is 1. The topological polar surface area (TPSA) is 128 Å². The standard InChI is InChI=1S/C50H64F5N5O6S3/c1-46(2)18-16-36(41(29-46)48-32-49(33-48,34-48)45(51)52)30-59-24-26-60(27-25-59)38-12-10-35(11-13-38)44(61)57-69(64,65)40-14-15-42(43(28-40)68(62,63)50(53,54)55)56-37(31-67-39-8-6-5-7-9-39)17-21-58-22-19-47(3,66-4)20-23-58/h5-15,28,37,45,56H,16-27,29-34H2,1-4H3,(H,57,61)/t37-,48?,49?/m1/s1. The van der Waals surface area contributed by atoms with Crippen molar-refractivity contribution < 1.29 is 48.3 Å². The Morgan fingerprint density at radius 2 is 1.49 bits per heavy atom. The van der Waals surface area contributed by atoms with Gasteiger partial charge in [-0.1, -0.05) is 43.2 Å². The van der Waals surface area contributed by atoms with Crippen LogP contribution in [-0.4, -0.2) is 121 Å². The zero-order valence-electron chi connectivity index (χ0n) is 39.7. The molecule has 3 saturated carbocycles. The Kier molecular flexibility index (Phi) is 14.7. The van der Waals surface area contributed by atoms with Crippen LogP contribution in [0.3, 0.4) is 0 Å². The molecule has 2 heterocycles. The third-order valence-electron chi connectivity index (χ3n) is 15.5. The maximum absolute atomic E-state index is 14.3. The number of hydrogen-bond donors (Lipinski definition) is 2. The van der Waals surface area contributed by atoms with Crippen molar-refractivity contribution in [2.45, 2.75) is 117 Å². The lowest BCUT2D eigenvalue weighted by molar-refractivity contribution is -0.250. The number of sulfone groups is 1. The van der Waals surface area contributed by atoms with Gasteiger partial charge in [0.2, 0.25) is 6.43 Å². The predicted octanol–water partition coefficient (Wildman–Crippen LogP) is 9.63. The number of carbonyl (C=O) groups is 1. The number of hydrogen-bond acceptors (Lipinski definition) is 11. The molecule has 2 bridgehead atoms. The molecule has 1 atom stereocenters. The van der Waals surface area contributed by atoms with Crippen molar-refractivity contribution in [1.29, 1.82) is 0 Å². The van der Waals surface area contributed by atoms with Crippen molar-refractivity contribution in [3.63, 3.8) is 0 Å². The maximum atomic E-state index is 14.3. The van der Waals surface area contributed by atoms with E-state index in [0.717, 1.165) is 87.5 Å². The third kappa shape index (κ3) is 11.2. The molecule has 69 heavy (non-hydrogen) atoms. The second-order valence-electron chi connectivity index (χ2n) is 21.0. The molecule has 11 nitrogen and oxygen atoms in total. The van der Waals surface area contributed by atoms with Gasteiger partial charge in [-0.25, -0.2) is 30.3 Å². The van der Waals surface area contributed by atoms with Gasteiger partial charge in [0.15, 0.2) is 0 Å². The van der Waals surface area contributed by atoms with Crippen molar-refractivity contribution in [2.24, 2.45) is 16.2 Å². The third-order valence-corrected chi connectivity index (χ3v) is 19.5. The summed E-state index contributed by atoms with van der Waals surface area (Å²) in [6.45, 7) is 12.4. The second kappa shape index (κ2) is 19.7. The van der Waals surface area contributed by atoms with E-state index < -0.39 is 64.6 Å². The molecular formula is C50H64F5N5O6S3. The lowest BCUT2D eigenvalue weighted by atomic mass is 9.32. The van der Waals surface area contributed by atoms with Gasteiger partial charge in [0.1, 0.15) is 4.90 Å². The van der Waals surface area contributed by atoms with Crippen LogP contribution in [0.15, 0.2) is 98.6 Å². The maximum Gasteiger partial charge on any atom is 0.501 e. The molecule has 3 aromatic rings. The van der Waals surface area contributed by atoms with Crippen LogP contribution in [0.25, 0.3) is 0 Å². The van der Waals surface area contributed by atoms with Crippen molar-refractivity contribution in [3.8, 4) is 0 Å². The number of nitrogens with zero attached hydrogens (tertiary/aromatic N) is 3. The van der Waals surface area contributed by atoms with Crippen LogP contribution in [0.5, 0.6) is 0 Å². The van der Waals surface area contributed by atoms with Crippen molar-refractivity contribution in [2.75, 3.05) is 75.4 Å². The highest BCUT2D eigenvalue weighted by Crippen LogP contribution is 2.79. The fraction of sp³-hybridized carbons (Fsp3) is 0.580. The quantitative estimate of drug-likeness (QED) is 0.0719. The van der Waals surface area contributed by atoms with Gasteiger partial charge in [-0.05, 0) is 130 Å². The minimum atomic E-state index is -6.08. The number of carbonyl (C=O) groups excluding carboxylic acids is 1. The summed E-state index contributed by atoms with van der Waals surface area (Å²) in [4.78, 5) is 19.0. The zero-order chi connectivity index (χ0) is 49.6. The zero-order valence-corrected chi connectivity index (χ0v) is 42.2. The van der Waals surface area contributed by atoms with Gasteiger partial charge < -0.3 is 19.9 Å². The fourth-order valence-corrected chi connectivity index (χ4v) is 14.1. The van der Waals surface area contributed by atoms with Gasteiger partial charge >= 0.3 is 5.51 Å². The fourth-order valence-electron chi connectivity index (χ4n) is 11.0. The Morgan fingerprint density at radius 3 is 2.10 bits per heavy atom. The first kappa shape index (κ1) is 51.6. The molecule has 0 radical (unpaired) electrons. The Morgan fingerprint density at radius 1 is 0.841 bits per heavy atom. The first-order valence-electron chi connectivity index (χ1n) is 23.8. The van der Waals surface area contributed by atoms with Crippen LogP contribution in [0.1, 0.15) is 88.9 Å². The first-order chi connectivity index (χ1) is 32.4. The minimum absolute atomic E-state index is 0.0244. The van der Waals surface area contributed by atoms with Gasteiger partial charge in [0.25, 0.3) is 25.8 Å². The number of alkyl halides is 5.